The quantitative estimate of drug-likeness (QED) is 0.854. The molecule has 1 aliphatic heterocycles. The molecule has 1 atom stereocenters. The Kier molecular flexibility index (Phi) is 6.03. The predicted octanol–water partition coefficient (Wildman–Crippen LogP) is 3.41. The summed E-state index contributed by atoms with van der Waals surface area (Å²) in [6.07, 6.45) is 6.83. The van der Waals surface area contributed by atoms with Crippen LogP contribution in [0.2, 0.25) is 0 Å². The molecule has 1 saturated heterocycles. The summed E-state index contributed by atoms with van der Waals surface area (Å²) in [5.41, 5.74) is 1.11. The molecule has 1 N–H and O–H groups in total. The van der Waals surface area contributed by atoms with Crippen molar-refractivity contribution in [3.8, 4) is 0 Å². The number of nitrogens with zero attached hydrogens (tertiary/aromatic N) is 1. The van der Waals surface area contributed by atoms with Crippen molar-refractivity contribution in [2.45, 2.75) is 81.7 Å². The minimum atomic E-state index is -3.64. The first-order valence-corrected chi connectivity index (χ1v) is 11.3. The zero-order valence-electron chi connectivity index (χ0n) is 15.8. The highest BCUT2D eigenvalue weighted by Gasteiger charge is 2.39. The number of hydrogen-bond acceptors (Lipinski definition) is 3. The van der Waals surface area contributed by atoms with E-state index in [1.165, 1.54) is 10.7 Å². The molecule has 2 fully saturated rings. The Labute approximate surface area is 157 Å². The van der Waals surface area contributed by atoms with Gasteiger partial charge in [0, 0.05) is 12.6 Å². The lowest BCUT2D eigenvalue weighted by Gasteiger charge is -2.28. The van der Waals surface area contributed by atoms with Gasteiger partial charge in [-0.05, 0) is 49.3 Å². The van der Waals surface area contributed by atoms with Crippen molar-refractivity contribution in [1.29, 1.82) is 0 Å². The lowest BCUT2D eigenvalue weighted by molar-refractivity contribution is -0.125. The average Bonchev–Trinajstić information content (AvgIpc) is 3.13. The van der Waals surface area contributed by atoms with Gasteiger partial charge < -0.3 is 5.32 Å². The van der Waals surface area contributed by atoms with E-state index in [-0.39, 0.29) is 16.8 Å². The predicted molar refractivity (Wildman–Crippen MR) is 102 cm³/mol. The SMILES string of the molecule is CC(C)c1ccc(S(=O)(=O)N2CCC[C@H]2C(=O)NC2CCCCC2)cc1. The van der Waals surface area contributed by atoms with E-state index >= 15 is 0 Å². The van der Waals surface area contributed by atoms with Crippen LogP contribution < -0.4 is 5.32 Å². The Bertz CT molecular complexity index is 722. The Balaban J connectivity index is 1.74. The van der Waals surface area contributed by atoms with E-state index < -0.39 is 16.1 Å². The molecule has 26 heavy (non-hydrogen) atoms. The molecule has 0 bridgehead atoms. The molecule has 0 radical (unpaired) electrons. The van der Waals surface area contributed by atoms with Crippen molar-refractivity contribution in [3.05, 3.63) is 29.8 Å². The van der Waals surface area contributed by atoms with E-state index in [9.17, 15) is 13.2 Å². The highest BCUT2D eigenvalue weighted by atomic mass is 32.2. The third-order valence-electron chi connectivity index (χ3n) is 5.61. The number of sulfonamides is 1. The minimum Gasteiger partial charge on any atom is -0.352 e. The number of amides is 1. The van der Waals surface area contributed by atoms with Gasteiger partial charge in [-0.15, -0.1) is 0 Å². The van der Waals surface area contributed by atoms with Crippen LogP contribution in [-0.4, -0.2) is 37.3 Å². The highest BCUT2D eigenvalue weighted by molar-refractivity contribution is 7.89. The highest BCUT2D eigenvalue weighted by Crippen LogP contribution is 2.28. The molecule has 1 aromatic carbocycles. The van der Waals surface area contributed by atoms with Gasteiger partial charge in [-0.2, -0.15) is 4.31 Å². The van der Waals surface area contributed by atoms with Gasteiger partial charge in [0.1, 0.15) is 6.04 Å². The molecule has 3 rings (SSSR count). The molecule has 6 heteroatoms. The Hall–Kier alpha value is -1.40. The van der Waals surface area contributed by atoms with E-state index in [1.807, 2.05) is 12.1 Å². The molecule has 1 aliphatic carbocycles. The van der Waals surface area contributed by atoms with Gasteiger partial charge >= 0.3 is 0 Å². The van der Waals surface area contributed by atoms with E-state index in [4.69, 9.17) is 0 Å². The number of hydrogen-bond donors (Lipinski definition) is 1. The maximum atomic E-state index is 13.1. The van der Waals surface area contributed by atoms with E-state index in [0.29, 0.717) is 18.9 Å². The van der Waals surface area contributed by atoms with Crippen LogP contribution in [0.15, 0.2) is 29.2 Å². The number of rotatable bonds is 5. The molecule has 1 heterocycles. The molecular weight excluding hydrogens is 348 g/mol. The summed E-state index contributed by atoms with van der Waals surface area (Å²) < 4.78 is 27.5. The van der Waals surface area contributed by atoms with Crippen molar-refractivity contribution in [3.63, 3.8) is 0 Å². The molecule has 1 saturated carbocycles. The van der Waals surface area contributed by atoms with Crippen molar-refractivity contribution < 1.29 is 13.2 Å². The molecule has 5 nitrogen and oxygen atoms in total. The van der Waals surface area contributed by atoms with Crippen LogP contribution in [0.5, 0.6) is 0 Å². The summed E-state index contributed by atoms with van der Waals surface area (Å²) in [5.74, 6) is 0.226. The maximum absolute atomic E-state index is 13.1. The van der Waals surface area contributed by atoms with Crippen LogP contribution in [0.25, 0.3) is 0 Å². The molecule has 0 unspecified atom stereocenters. The third-order valence-corrected chi connectivity index (χ3v) is 7.53. The van der Waals surface area contributed by atoms with Gasteiger partial charge in [0.05, 0.1) is 4.90 Å². The van der Waals surface area contributed by atoms with E-state index in [2.05, 4.69) is 19.2 Å². The van der Waals surface area contributed by atoms with Gasteiger partial charge in [0.25, 0.3) is 0 Å². The molecule has 0 aromatic heterocycles. The number of carbonyl (C=O) groups is 1. The van der Waals surface area contributed by atoms with Crippen LogP contribution >= 0.6 is 0 Å². The van der Waals surface area contributed by atoms with E-state index in [0.717, 1.165) is 37.7 Å². The summed E-state index contributed by atoms with van der Waals surface area (Å²) >= 11 is 0. The van der Waals surface area contributed by atoms with Crippen molar-refractivity contribution in [1.82, 2.24) is 9.62 Å². The first kappa shape index (κ1) is 19.4. The third kappa shape index (κ3) is 4.12. The topological polar surface area (TPSA) is 66.5 Å². The van der Waals surface area contributed by atoms with Crippen molar-refractivity contribution in [2.24, 2.45) is 0 Å². The smallest absolute Gasteiger partial charge is 0.243 e. The van der Waals surface area contributed by atoms with Crippen molar-refractivity contribution >= 4 is 15.9 Å². The second-order valence-corrected chi connectivity index (χ2v) is 9.73. The van der Waals surface area contributed by atoms with E-state index in [1.54, 1.807) is 12.1 Å². The fourth-order valence-electron chi connectivity index (χ4n) is 3.99. The molecule has 2 aliphatic rings. The molecule has 1 aromatic rings. The summed E-state index contributed by atoms with van der Waals surface area (Å²) in [4.78, 5) is 13.0. The van der Waals surface area contributed by atoms with Gasteiger partial charge in [-0.25, -0.2) is 8.42 Å². The normalized spacial score (nSPS) is 22.7. The average molecular weight is 379 g/mol. The molecule has 1 amide bonds. The fourth-order valence-corrected chi connectivity index (χ4v) is 5.65. The minimum absolute atomic E-state index is 0.128. The molecular formula is C20H30N2O3S. The zero-order valence-corrected chi connectivity index (χ0v) is 16.6. The number of carbonyl (C=O) groups excluding carboxylic acids is 1. The Morgan fingerprint density at radius 3 is 2.31 bits per heavy atom. The summed E-state index contributed by atoms with van der Waals surface area (Å²) in [7, 11) is -3.64. The van der Waals surface area contributed by atoms with Gasteiger partial charge in [-0.1, -0.05) is 45.2 Å². The summed E-state index contributed by atoms with van der Waals surface area (Å²) in [5, 5.41) is 3.09. The molecule has 144 valence electrons. The van der Waals surface area contributed by atoms with Gasteiger partial charge in [0.15, 0.2) is 0 Å². The van der Waals surface area contributed by atoms with Crippen LogP contribution in [0.3, 0.4) is 0 Å². The van der Waals surface area contributed by atoms with Gasteiger partial charge in [-0.3, -0.25) is 4.79 Å². The lowest BCUT2D eigenvalue weighted by Crippen LogP contribution is -2.49. The van der Waals surface area contributed by atoms with Crippen LogP contribution in [0.1, 0.15) is 70.3 Å². The summed E-state index contributed by atoms with van der Waals surface area (Å²) in [6, 6.07) is 6.69. The Morgan fingerprint density at radius 2 is 1.69 bits per heavy atom. The largest absolute Gasteiger partial charge is 0.352 e. The molecule has 0 spiro atoms. The second-order valence-electron chi connectivity index (χ2n) is 7.84. The van der Waals surface area contributed by atoms with Crippen molar-refractivity contribution in [2.75, 3.05) is 6.54 Å². The first-order chi connectivity index (χ1) is 12.4. The maximum Gasteiger partial charge on any atom is 0.243 e. The summed E-state index contributed by atoms with van der Waals surface area (Å²) in [6.45, 7) is 4.57. The standard InChI is InChI=1S/C20H30N2O3S/c1-15(2)16-10-12-18(13-11-16)26(24,25)22-14-6-9-19(22)20(23)21-17-7-4-3-5-8-17/h10-13,15,17,19H,3-9,14H2,1-2H3,(H,21,23)/t19-/m0/s1. The second kappa shape index (κ2) is 8.09. The van der Waals surface area contributed by atoms with Gasteiger partial charge in [0.2, 0.25) is 15.9 Å². The number of nitrogens with one attached hydrogen (secondary N) is 1. The van der Waals surface area contributed by atoms with Crippen LogP contribution in [-0.2, 0) is 14.8 Å². The fraction of sp³-hybridized carbons (Fsp3) is 0.650. The monoisotopic (exact) mass is 378 g/mol. The zero-order chi connectivity index (χ0) is 18.7. The van der Waals surface area contributed by atoms with Crippen LogP contribution in [0, 0.1) is 0 Å². The first-order valence-electron chi connectivity index (χ1n) is 9.82. The number of benzene rings is 1. The van der Waals surface area contributed by atoms with Crippen LogP contribution in [0.4, 0.5) is 0 Å². The Morgan fingerprint density at radius 1 is 1.04 bits per heavy atom. The lowest BCUT2D eigenvalue weighted by atomic mass is 9.95.